The van der Waals surface area contributed by atoms with E-state index in [1.165, 1.54) is 0 Å². The number of H-pyrrole nitrogens is 1. The summed E-state index contributed by atoms with van der Waals surface area (Å²) in [4.78, 5) is 25.8. The molecular weight excluding hydrogens is 330 g/mol. The molecule has 4 rings (SSSR count). The molecule has 1 fully saturated rings. The van der Waals surface area contributed by atoms with Crippen LogP contribution in [0.25, 0.3) is 11.0 Å². The Labute approximate surface area is 143 Å². The number of nitrogens with zero attached hydrogens (tertiary/aromatic N) is 3. The van der Waals surface area contributed by atoms with E-state index < -0.39 is 0 Å². The summed E-state index contributed by atoms with van der Waals surface area (Å²) in [5, 5.41) is 4.03. The predicted molar refractivity (Wildman–Crippen MR) is 90.1 cm³/mol. The number of aromatic amines is 1. The number of rotatable bonds is 4. The van der Waals surface area contributed by atoms with Crippen molar-refractivity contribution in [3.8, 4) is 0 Å². The molecule has 1 saturated heterocycles. The van der Waals surface area contributed by atoms with Gasteiger partial charge in [-0.2, -0.15) is 4.98 Å². The van der Waals surface area contributed by atoms with Gasteiger partial charge in [0.1, 0.15) is 22.9 Å². The quantitative estimate of drug-likeness (QED) is 0.710. The van der Waals surface area contributed by atoms with E-state index in [-0.39, 0.29) is 11.2 Å². The van der Waals surface area contributed by atoms with E-state index >= 15 is 0 Å². The van der Waals surface area contributed by atoms with Crippen molar-refractivity contribution in [2.75, 3.05) is 18.4 Å². The lowest BCUT2D eigenvalue weighted by atomic mass is 10.3. The van der Waals surface area contributed by atoms with E-state index in [4.69, 9.17) is 16.0 Å². The number of aromatic nitrogens is 3. The van der Waals surface area contributed by atoms with Gasteiger partial charge in [-0.25, -0.2) is 4.98 Å². The minimum Gasteiger partial charge on any atom is -0.467 e. The van der Waals surface area contributed by atoms with Gasteiger partial charge in [0.05, 0.1) is 18.2 Å². The van der Waals surface area contributed by atoms with Gasteiger partial charge in [0.25, 0.3) is 5.91 Å². The fourth-order valence-electron chi connectivity index (χ4n) is 2.91. The highest BCUT2D eigenvalue weighted by molar-refractivity contribution is 6.28. The third kappa shape index (κ3) is 2.82. The zero-order valence-electron chi connectivity index (χ0n) is 12.9. The Kier molecular flexibility index (Phi) is 3.86. The maximum atomic E-state index is 12.5. The second-order valence-electron chi connectivity index (χ2n) is 5.72. The number of amides is 1. The lowest BCUT2D eigenvalue weighted by molar-refractivity contribution is 0.0788. The molecule has 1 aliphatic heterocycles. The van der Waals surface area contributed by atoms with Crippen LogP contribution in [0.2, 0.25) is 5.28 Å². The van der Waals surface area contributed by atoms with Crippen molar-refractivity contribution < 1.29 is 9.21 Å². The van der Waals surface area contributed by atoms with Gasteiger partial charge in [-0.3, -0.25) is 4.79 Å². The molecule has 0 saturated carbocycles. The molecule has 3 aromatic heterocycles. The molecule has 1 aliphatic rings. The van der Waals surface area contributed by atoms with E-state index in [1.807, 2.05) is 17.0 Å². The summed E-state index contributed by atoms with van der Waals surface area (Å²) < 4.78 is 5.30. The largest absolute Gasteiger partial charge is 0.467 e. The molecule has 0 spiro atoms. The van der Waals surface area contributed by atoms with Crippen LogP contribution < -0.4 is 5.32 Å². The van der Waals surface area contributed by atoms with Gasteiger partial charge < -0.3 is 19.6 Å². The molecule has 4 heterocycles. The predicted octanol–water partition coefficient (Wildman–Crippen LogP) is 3.05. The van der Waals surface area contributed by atoms with Crippen molar-refractivity contribution in [3.05, 3.63) is 41.2 Å². The first kappa shape index (κ1) is 15.0. The molecule has 0 aliphatic carbocycles. The lowest BCUT2D eigenvalue weighted by Crippen LogP contribution is -2.27. The summed E-state index contributed by atoms with van der Waals surface area (Å²) in [6.07, 6.45) is 3.71. The van der Waals surface area contributed by atoms with Crippen LogP contribution in [0.4, 0.5) is 5.82 Å². The normalized spacial score (nSPS) is 14.5. The van der Waals surface area contributed by atoms with Crippen LogP contribution in [0.15, 0.2) is 28.9 Å². The fraction of sp³-hybridized carbons (Fsp3) is 0.312. The Balaban J connectivity index is 1.64. The molecule has 24 heavy (non-hydrogen) atoms. The van der Waals surface area contributed by atoms with Gasteiger partial charge in [-0.1, -0.05) is 0 Å². The van der Waals surface area contributed by atoms with Gasteiger partial charge in [-0.05, 0) is 42.6 Å². The van der Waals surface area contributed by atoms with E-state index in [0.717, 1.165) is 37.1 Å². The van der Waals surface area contributed by atoms with Crippen molar-refractivity contribution in [2.45, 2.75) is 19.4 Å². The van der Waals surface area contributed by atoms with Crippen LogP contribution in [-0.4, -0.2) is 38.8 Å². The first-order valence-corrected chi connectivity index (χ1v) is 8.20. The lowest BCUT2D eigenvalue weighted by Gasteiger charge is -2.13. The molecule has 124 valence electrons. The van der Waals surface area contributed by atoms with Gasteiger partial charge in [0, 0.05) is 13.1 Å². The van der Waals surface area contributed by atoms with Crippen molar-refractivity contribution >= 4 is 34.4 Å². The number of furan rings is 1. The Morgan fingerprint density at radius 3 is 2.96 bits per heavy atom. The highest BCUT2D eigenvalue weighted by Gasteiger charge is 2.22. The van der Waals surface area contributed by atoms with Crippen LogP contribution >= 0.6 is 11.6 Å². The Morgan fingerprint density at radius 1 is 1.38 bits per heavy atom. The molecule has 0 bridgehead atoms. The second-order valence-corrected chi connectivity index (χ2v) is 6.06. The van der Waals surface area contributed by atoms with Crippen molar-refractivity contribution in [1.82, 2.24) is 19.9 Å². The molecule has 0 aromatic carbocycles. The van der Waals surface area contributed by atoms with Crippen molar-refractivity contribution in [2.24, 2.45) is 0 Å². The molecule has 0 radical (unpaired) electrons. The highest BCUT2D eigenvalue weighted by atomic mass is 35.5. The molecule has 1 amide bonds. The third-order valence-electron chi connectivity index (χ3n) is 4.09. The molecule has 2 N–H and O–H groups in total. The third-order valence-corrected chi connectivity index (χ3v) is 4.26. The minimum absolute atomic E-state index is 0.0152. The maximum absolute atomic E-state index is 12.5. The molecular formula is C16H16ClN5O2. The summed E-state index contributed by atoms with van der Waals surface area (Å²) in [6.45, 7) is 2.06. The number of anilines is 1. The average Bonchev–Trinajstić information content (AvgIpc) is 3.31. The molecule has 7 nitrogen and oxygen atoms in total. The number of fused-ring (bicyclic) bond motifs is 1. The van der Waals surface area contributed by atoms with E-state index in [1.54, 1.807) is 12.3 Å². The fourth-order valence-corrected chi connectivity index (χ4v) is 3.08. The summed E-state index contributed by atoms with van der Waals surface area (Å²) in [5.41, 5.74) is 1.05. The minimum atomic E-state index is -0.0152. The van der Waals surface area contributed by atoms with Crippen LogP contribution in [-0.2, 0) is 6.54 Å². The van der Waals surface area contributed by atoms with Gasteiger partial charge >= 0.3 is 0 Å². The number of halogens is 1. The summed E-state index contributed by atoms with van der Waals surface area (Å²) in [6, 6.07) is 5.46. The smallest absolute Gasteiger partial charge is 0.270 e. The van der Waals surface area contributed by atoms with Crippen LogP contribution in [0.3, 0.4) is 0 Å². The number of carbonyl (C=O) groups is 1. The van der Waals surface area contributed by atoms with Crippen LogP contribution in [0.1, 0.15) is 29.1 Å². The zero-order valence-corrected chi connectivity index (χ0v) is 13.6. The molecule has 8 heteroatoms. The first-order valence-electron chi connectivity index (χ1n) is 7.82. The molecule has 0 atom stereocenters. The monoisotopic (exact) mass is 345 g/mol. The summed E-state index contributed by atoms with van der Waals surface area (Å²) in [7, 11) is 0. The Hall–Kier alpha value is -2.54. The Morgan fingerprint density at radius 2 is 2.21 bits per heavy atom. The first-order chi connectivity index (χ1) is 11.7. The second kappa shape index (κ2) is 6.16. The van der Waals surface area contributed by atoms with Crippen LogP contribution in [0.5, 0.6) is 0 Å². The number of nitrogens with one attached hydrogen (secondary N) is 2. The zero-order chi connectivity index (χ0) is 16.5. The average molecular weight is 346 g/mol. The number of likely N-dealkylation sites (tertiary alicyclic amines) is 1. The highest BCUT2D eigenvalue weighted by Crippen LogP contribution is 2.25. The number of carbonyl (C=O) groups excluding carboxylic acids is 1. The number of hydrogen-bond acceptors (Lipinski definition) is 5. The van der Waals surface area contributed by atoms with E-state index in [0.29, 0.717) is 23.7 Å². The molecule has 0 unspecified atom stereocenters. The molecule has 3 aromatic rings. The van der Waals surface area contributed by atoms with Crippen LogP contribution in [0, 0.1) is 0 Å². The van der Waals surface area contributed by atoms with Gasteiger partial charge in [0.15, 0.2) is 0 Å². The SMILES string of the molecule is O=C(c1cc2c(NCc3ccco3)nc(Cl)nc2[nH]1)N1CCCC1. The van der Waals surface area contributed by atoms with E-state index in [2.05, 4.69) is 20.3 Å². The van der Waals surface area contributed by atoms with Gasteiger partial charge in [0.2, 0.25) is 5.28 Å². The number of hydrogen-bond donors (Lipinski definition) is 2. The van der Waals surface area contributed by atoms with Crippen molar-refractivity contribution in [1.29, 1.82) is 0 Å². The van der Waals surface area contributed by atoms with Gasteiger partial charge in [-0.15, -0.1) is 0 Å². The maximum Gasteiger partial charge on any atom is 0.270 e. The summed E-state index contributed by atoms with van der Waals surface area (Å²) >= 11 is 6.00. The van der Waals surface area contributed by atoms with Crippen molar-refractivity contribution in [3.63, 3.8) is 0 Å². The standard InChI is InChI=1S/C16H16ClN5O2/c17-16-20-13(18-9-10-4-3-7-24-10)11-8-12(19-14(11)21-16)15(23)22-5-1-2-6-22/h3-4,7-8H,1-2,5-6,9H2,(H2,18,19,20,21). The Bertz CT molecular complexity index is 868. The van der Waals surface area contributed by atoms with E-state index in [9.17, 15) is 4.79 Å². The topological polar surface area (TPSA) is 87.0 Å². The summed E-state index contributed by atoms with van der Waals surface area (Å²) in [5.74, 6) is 1.33.